The van der Waals surface area contributed by atoms with Crippen molar-refractivity contribution < 1.29 is 4.42 Å². The van der Waals surface area contributed by atoms with Crippen LogP contribution >= 0.6 is 0 Å². The number of nitrogens with one attached hydrogen (secondary N) is 2. The second-order valence-corrected chi connectivity index (χ2v) is 3.75. The molecule has 0 atom stereocenters. The number of aryl methyl sites for hydroxylation is 1. The summed E-state index contributed by atoms with van der Waals surface area (Å²) < 4.78 is 5.51. The molecule has 3 aromatic rings. The minimum absolute atomic E-state index is 0.477. The van der Waals surface area contributed by atoms with Gasteiger partial charge in [-0.1, -0.05) is 6.92 Å². The summed E-state index contributed by atoms with van der Waals surface area (Å²) in [5, 5.41) is 3.15. The molecular formula is C11H12N6O. The Hall–Kier alpha value is -2.44. The van der Waals surface area contributed by atoms with Crippen LogP contribution in [0.3, 0.4) is 0 Å². The van der Waals surface area contributed by atoms with Crippen molar-refractivity contribution >= 4 is 17.0 Å². The minimum atomic E-state index is 0.477. The highest BCUT2D eigenvalue weighted by atomic mass is 16.4. The molecule has 2 N–H and O–H groups in total. The Bertz CT molecular complexity index is 658. The fourth-order valence-corrected chi connectivity index (χ4v) is 1.65. The topological polar surface area (TPSA) is 92.5 Å². The lowest BCUT2D eigenvalue weighted by atomic mass is 10.4. The molecule has 3 aromatic heterocycles. The molecule has 0 aliphatic rings. The summed E-state index contributed by atoms with van der Waals surface area (Å²) in [4.78, 5) is 19.4. The van der Waals surface area contributed by atoms with Crippen LogP contribution in [0, 0.1) is 0 Å². The Morgan fingerprint density at radius 2 is 2.22 bits per heavy atom. The molecule has 0 radical (unpaired) electrons. The van der Waals surface area contributed by atoms with Crippen LogP contribution in [-0.4, -0.2) is 24.9 Å². The lowest BCUT2D eigenvalue weighted by Gasteiger charge is -2.02. The molecular weight excluding hydrogens is 232 g/mol. The van der Waals surface area contributed by atoms with Crippen molar-refractivity contribution in [2.75, 3.05) is 5.32 Å². The number of hydrogen-bond acceptors (Lipinski definition) is 6. The Morgan fingerprint density at radius 3 is 3.06 bits per heavy atom. The summed E-state index contributed by atoms with van der Waals surface area (Å²) >= 11 is 0. The zero-order valence-electron chi connectivity index (χ0n) is 9.84. The molecule has 0 aromatic carbocycles. The minimum Gasteiger partial charge on any atom is -0.444 e. The van der Waals surface area contributed by atoms with Crippen molar-refractivity contribution in [3.63, 3.8) is 0 Å². The average Bonchev–Trinajstić information content (AvgIpc) is 3.05. The van der Waals surface area contributed by atoms with E-state index in [-0.39, 0.29) is 0 Å². The number of aromatic amines is 1. The first-order chi connectivity index (χ1) is 8.86. The summed E-state index contributed by atoms with van der Waals surface area (Å²) in [5.41, 5.74) is 1.41. The van der Waals surface area contributed by atoms with Crippen LogP contribution < -0.4 is 5.32 Å². The van der Waals surface area contributed by atoms with Gasteiger partial charge in [0, 0.05) is 6.42 Å². The third kappa shape index (κ3) is 1.90. The van der Waals surface area contributed by atoms with E-state index in [9.17, 15) is 0 Å². The molecule has 0 aliphatic carbocycles. The van der Waals surface area contributed by atoms with E-state index in [0.29, 0.717) is 23.9 Å². The first kappa shape index (κ1) is 10.7. The number of oxazole rings is 1. The number of nitrogens with zero attached hydrogens (tertiary/aromatic N) is 4. The van der Waals surface area contributed by atoms with E-state index in [1.807, 2.05) is 6.92 Å². The number of imidazole rings is 1. The van der Waals surface area contributed by atoms with E-state index < -0.39 is 0 Å². The zero-order valence-corrected chi connectivity index (χ0v) is 9.84. The molecule has 0 saturated carbocycles. The third-order valence-corrected chi connectivity index (χ3v) is 2.58. The van der Waals surface area contributed by atoms with Gasteiger partial charge < -0.3 is 14.7 Å². The summed E-state index contributed by atoms with van der Waals surface area (Å²) in [5.74, 6) is 2.20. The average molecular weight is 244 g/mol. The molecule has 0 bridgehead atoms. The van der Waals surface area contributed by atoms with Gasteiger partial charge >= 0.3 is 0 Å². The van der Waals surface area contributed by atoms with Crippen molar-refractivity contribution in [2.45, 2.75) is 19.9 Å². The smallest absolute Gasteiger partial charge is 0.213 e. The summed E-state index contributed by atoms with van der Waals surface area (Å²) in [6, 6.07) is 0. The summed E-state index contributed by atoms with van der Waals surface area (Å²) in [7, 11) is 0. The second-order valence-electron chi connectivity index (χ2n) is 3.75. The highest BCUT2D eigenvalue weighted by Crippen LogP contribution is 2.15. The van der Waals surface area contributed by atoms with Gasteiger partial charge in [-0.15, -0.1) is 0 Å². The van der Waals surface area contributed by atoms with Gasteiger partial charge in [0.25, 0.3) is 0 Å². The highest BCUT2D eigenvalue weighted by Gasteiger charge is 2.07. The van der Waals surface area contributed by atoms with Crippen LogP contribution in [-0.2, 0) is 13.0 Å². The molecule has 0 spiro atoms. The zero-order chi connectivity index (χ0) is 12.4. The van der Waals surface area contributed by atoms with E-state index in [1.54, 1.807) is 12.5 Å². The van der Waals surface area contributed by atoms with Crippen LogP contribution in [0.1, 0.15) is 18.6 Å². The van der Waals surface area contributed by atoms with Gasteiger partial charge in [0.15, 0.2) is 11.5 Å². The van der Waals surface area contributed by atoms with Crippen LogP contribution in [0.2, 0.25) is 0 Å². The Morgan fingerprint density at radius 1 is 1.28 bits per heavy atom. The Kier molecular flexibility index (Phi) is 2.64. The van der Waals surface area contributed by atoms with Crippen molar-refractivity contribution in [3.8, 4) is 0 Å². The number of aromatic nitrogens is 5. The largest absolute Gasteiger partial charge is 0.444 e. The Balaban J connectivity index is 1.78. The van der Waals surface area contributed by atoms with E-state index in [1.165, 1.54) is 6.33 Å². The Labute approximate surface area is 103 Å². The quantitative estimate of drug-likeness (QED) is 0.722. The van der Waals surface area contributed by atoms with Crippen molar-refractivity contribution in [2.24, 2.45) is 0 Å². The van der Waals surface area contributed by atoms with Crippen LogP contribution in [0.25, 0.3) is 11.2 Å². The first-order valence-electron chi connectivity index (χ1n) is 5.68. The number of rotatable bonds is 4. The fraction of sp³-hybridized carbons (Fsp3) is 0.273. The fourth-order valence-electron chi connectivity index (χ4n) is 1.65. The lowest BCUT2D eigenvalue weighted by molar-refractivity contribution is 0.465. The number of H-pyrrole nitrogens is 1. The molecule has 0 amide bonds. The molecule has 0 aliphatic heterocycles. The van der Waals surface area contributed by atoms with Crippen molar-refractivity contribution in [1.29, 1.82) is 0 Å². The number of anilines is 1. The van der Waals surface area contributed by atoms with Gasteiger partial charge in [0.05, 0.1) is 19.1 Å². The third-order valence-electron chi connectivity index (χ3n) is 2.58. The summed E-state index contributed by atoms with van der Waals surface area (Å²) in [6.07, 6.45) is 5.64. The van der Waals surface area contributed by atoms with Crippen LogP contribution in [0.15, 0.2) is 23.3 Å². The normalized spacial score (nSPS) is 10.9. The van der Waals surface area contributed by atoms with E-state index in [4.69, 9.17) is 4.42 Å². The molecule has 0 unspecified atom stereocenters. The molecule has 3 rings (SSSR count). The van der Waals surface area contributed by atoms with Gasteiger partial charge in [-0.05, 0) is 0 Å². The SMILES string of the molecule is CCc1cnc(CNc2ncnc3nc[nH]c23)o1. The molecule has 0 fully saturated rings. The maximum atomic E-state index is 5.51. The van der Waals surface area contributed by atoms with Gasteiger partial charge in [-0.3, -0.25) is 0 Å². The molecule has 3 heterocycles. The molecule has 92 valence electrons. The lowest BCUT2D eigenvalue weighted by Crippen LogP contribution is -2.02. The first-order valence-corrected chi connectivity index (χ1v) is 5.68. The van der Waals surface area contributed by atoms with Crippen LogP contribution in [0.5, 0.6) is 0 Å². The summed E-state index contributed by atoms with van der Waals surface area (Å²) in [6.45, 7) is 2.50. The molecule has 7 heteroatoms. The maximum absolute atomic E-state index is 5.51. The van der Waals surface area contributed by atoms with Crippen LogP contribution in [0.4, 0.5) is 5.82 Å². The van der Waals surface area contributed by atoms with Gasteiger partial charge in [-0.2, -0.15) is 0 Å². The monoisotopic (exact) mass is 244 g/mol. The number of hydrogen-bond donors (Lipinski definition) is 2. The second kappa shape index (κ2) is 4.44. The van der Waals surface area contributed by atoms with Gasteiger partial charge in [0.1, 0.15) is 17.6 Å². The van der Waals surface area contributed by atoms with E-state index in [2.05, 4.69) is 30.2 Å². The number of fused-ring (bicyclic) bond motifs is 1. The van der Waals surface area contributed by atoms with Gasteiger partial charge in [0.2, 0.25) is 5.89 Å². The highest BCUT2D eigenvalue weighted by molar-refractivity contribution is 5.81. The standard InChI is InChI=1S/C11H12N6O/c1-2-7-3-12-8(18-7)4-13-10-9-11(15-5-14-9)17-6-16-10/h3,5-6H,2,4H2,1H3,(H2,13,14,15,16,17). The predicted molar refractivity (Wildman–Crippen MR) is 64.9 cm³/mol. The van der Waals surface area contributed by atoms with E-state index >= 15 is 0 Å². The van der Waals surface area contributed by atoms with Crippen molar-refractivity contribution in [3.05, 3.63) is 30.5 Å². The van der Waals surface area contributed by atoms with E-state index in [0.717, 1.165) is 17.7 Å². The molecule has 18 heavy (non-hydrogen) atoms. The maximum Gasteiger partial charge on any atom is 0.213 e. The van der Waals surface area contributed by atoms with Gasteiger partial charge in [-0.25, -0.2) is 19.9 Å². The predicted octanol–water partition coefficient (Wildman–Crippen LogP) is 1.52. The molecule has 0 saturated heterocycles. The molecule has 7 nitrogen and oxygen atoms in total. The van der Waals surface area contributed by atoms with Crippen molar-refractivity contribution in [1.82, 2.24) is 24.9 Å².